The molecule has 1 aromatic heterocycles. The van der Waals surface area contributed by atoms with Crippen LogP contribution in [-0.2, 0) is 23.9 Å². The van der Waals surface area contributed by atoms with E-state index in [2.05, 4.69) is 4.98 Å². The van der Waals surface area contributed by atoms with Crippen LogP contribution in [0.25, 0.3) is 0 Å². The summed E-state index contributed by atoms with van der Waals surface area (Å²) in [5.74, 6) is -0.501. The minimum absolute atomic E-state index is 0.0601. The van der Waals surface area contributed by atoms with Gasteiger partial charge in [0.25, 0.3) is 0 Å². The monoisotopic (exact) mass is 454 g/mol. The van der Waals surface area contributed by atoms with Crippen LogP contribution in [0, 0.1) is 18.8 Å². The fraction of sp³-hybridized carbons (Fsp3) is 0.739. The number of hydrogen-bond donors (Lipinski definition) is 0. The molecule has 31 heavy (non-hydrogen) atoms. The number of esters is 2. The number of carbonyl (C=O) groups is 3. The second-order valence-corrected chi connectivity index (χ2v) is 9.34. The molecule has 0 saturated heterocycles. The van der Waals surface area contributed by atoms with Crippen molar-refractivity contribution < 1.29 is 23.9 Å². The highest BCUT2D eigenvalue weighted by molar-refractivity contribution is 7.09. The van der Waals surface area contributed by atoms with Crippen molar-refractivity contribution in [3.63, 3.8) is 0 Å². The third-order valence-electron chi connectivity index (χ3n) is 5.21. The van der Waals surface area contributed by atoms with Gasteiger partial charge in [0.05, 0.1) is 0 Å². The molecule has 2 unspecified atom stereocenters. The average molecular weight is 455 g/mol. The summed E-state index contributed by atoms with van der Waals surface area (Å²) in [5.41, 5.74) is 0.863. The fourth-order valence-electron chi connectivity index (χ4n) is 3.19. The molecule has 1 heterocycles. The van der Waals surface area contributed by atoms with Gasteiger partial charge in [-0.05, 0) is 25.2 Å². The van der Waals surface area contributed by atoms with Crippen molar-refractivity contribution in [2.24, 2.45) is 11.8 Å². The molecule has 0 N–H and O–H groups in total. The summed E-state index contributed by atoms with van der Waals surface area (Å²) < 4.78 is 11.0. The Labute approximate surface area is 190 Å². The predicted octanol–water partition coefficient (Wildman–Crippen LogP) is 5.04. The van der Waals surface area contributed by atoms with Crippen molar-refractivity contribution in [3.05, 3.63) is 16.1 Å². The summed E-state index contributed by atoms with van der Waals surface area (Å²) in [5, 5.41) is 2.64. The molecule has 176 valence electrons. The molecule has 7 nitrogen and oxygen atoms in total. The van der Waals surface area contributed by atoms with Gasteiger partial charge in [0.1, 0.15) is 5.01 Å². The van der Waals surface area contributed by atoms with Crippen molar-refractivity contribution in [3.8, 4) is 0 Å². The van der Waals surface area contributed by atoms with E-state index < -0.39 is 12.1 Å². The van der Waals surface area contributed by atoms with Crippen LogP contribution >= 0.6 is 11.3 Å². The molecule has 1 rings (SSSR count). The Morgan fingerprint density at radius 1 is 1.19 bits per heavy atom. The maximum atomic E-state index is 13.1. The standard InChI is InChI=1S/C23H38N2O5S/c1-8-10-22(28)30-20(23-24-17(6)13-31-23)12-19(15(3)4)25(14-29-18(7)26)21(27)11-16(5)9-2/h13,15-16,19-20H,8-12,14H2,1-7H3/t16-,19?,20?/m0/s1. The van der Waals surface area contributed by atoms with Crippen LogP contribution in [0.3, 0.4) is 0 Å². The van der Waals surface area contributed by atoms with Crippen LogP contribution in [0.4, 0.5) is 0 Å². The first-order chi connectivity index (χ1) is 14.6. The van der Waals surface area contributed by atoms with E-state index >= 15 is 0 Å². The Kier molecular flexibility index (Phi) is 11.7. The molecule has 1 amide bonds. The lowest BCUT2D eigenvalue weighted by Gasteiger charge is -2.36. The zero-order valence-corrected chi connectivity index (χ0v) is 20.8. The van der Waals surface area contributed by atoms with E-state index in [-0.39, 0.29) is 36.5 Å². The lowest BCUT2D eigenvalue weighted by molar-refractivity contribution is -0.157. The third-order valence-corrected chi connectivity index (χ3v) is 6.27. The van der Waals surface area contributed by atoms with Gasteiger partial charge < -0.3 is 14.4 Å². The van der Waals surface area contributed by atoms with Crippen molar-refractivity contribution in [2.45, 2.75) is 92.7 Å². The van der Waals surface area contributed by atoms with E-state index in [1.165, 1.54) is 18.3 Å². The van der Waals surface area contributed by atoms with Crippen molar-refractivity contribution in [1.29, 1.82) is 0 Å². The van der Waals surface area contributed by atoms with E-state index in [4.69, 9.17) is 9.47 Å². The maximum Gasteiger partial charge on any atom is 0.306 e. The number of carbonyl (C=O) groups excluding carboxylic acids is 3. The average Bonchev–Trinajstić information content (AvgIpc) is 3.12. The first kappa shape index (κ1) is 27.1. The molecule has 8 heteroatoms. The minimum atomic E-state index is -0.554. The zero-order chi connectivity index (χ0) is 23.6. The van der Waals surface area contributed by atoms with Crippen LogP contribution in [0.15, 0.2) is 5.38 Å². The molecule has 1 aromatic rings. The number of ether oxygens (including phenoxy) is 2. The Morgan fingerprint density at radius 2 is 1.87 bits per heavy atom. The van der Waals surface area contributed by atoms with Crippen LogP contribution in [0.5, 0.6) is 0 Å². The van der Waals surface area contributed by atoms with Crippen molar-refractivity contribution >= 4 is 29.2 Å². The quantitative estimate of drug-likeness (QED) is 0.307. The predicted molar refractivity (Wildman–Crippen MR) is 121 cm³/mol. The van der Waals surface area contributed by atoms with E-state index in [1.54, 1.807) is 4.90 Å². The summed E-state index contributed by atoms with van der Waals surface area (Å²) >= 11 is 1.45. The lowest BCUT2D eigenvalue weighted by Crippen LogP contribution is -2.46. The van der Waals surface area contributed by atoms with Gasteiger partial charge in [0, 0.05) is 43.3 Å². The van der Waals surface area contributed by atoms with E-state index in [0.717, 1.165) is 17.1 Å². The molecule has 0 saturated carbocycles. The van der Waals surface area contributed by atoms with E-state index in [9.17, 15) is 14.4 Å². The summed E-state index contributed by atoms with van der Waals surface area (Å²) in [4.78, 5) is 43.0. The van der Waals surface area contributed by atoms with Crippen LogP contribution in [0.2, 0.25) is 0 Å². The van der Waals surface area contributed by atoms with Gasteiger partial charge >= 0.3 is 11.9 Å². The van der Waals surface area contributed by atoms with E-state index in [0.29, 0.717) is 25.7 Å². The molecule has 0 radical (unpaired) electrons. The lowest BCUT2D eigenvalue weighted by atomic mass is 9.95. The SMILES string of the molecule is CCCC(=O)OC(CC(C(C)C)N(COC(C)=O)C(=O)C[C@@H](C)CC)c1nc(C)cs1. The highest BCUT2D eigenvalue weighted by Gasteiger charge is 2.33. The van der Waals surface area contributed by atoms with Gasteiger partial charge in [-0.1, -0.05) is 41.0 Å². The number of aryl methyl sites for hydroxylation is 1. The number of hydrogen-bond acceptors (Lipinski definition) is 7. The molecule has 3 atom stereocenters. The molecule has 0 aromatic carbocycles. The second kappa shape index (κ2) is 13.5. The summed E-state index contributed by atoms with van der Waals surface area (Å²) in [6, 6.07) is -0.278. The topological polar surface area (TPSA) is 85.8 Å². The van der Waals surface area contributed by atoms with E-state index in [1.807, 2.05) is 46.9 Å². The summed E-state index contributed by atoms with van der Waals surface area (Å²) in [6.45, 7) is 13.1. The third kappa shape index (κ3) is 9.37. The Hall–Kier alpha value is -1.96. The smallest absolute Gasteiger partial charge is 0.306 e. The molecule has 0 aliphatic rings. The van der Waals surface area contributed by atoms with Crippen LogP contribution in [0.1, 0.15) is 90.5 Å². The van der Waals surface area contributed by atoms with Gasteiger partial charge in [-0.3, -0.25) is 14.4 Å². The zero-order valence-electron chi connectivity index (χ0n) is 20.0. The minimum Gasteiger partial charge on any atom is -0.455 e. The maximum absolute atomic E-state index is 13.1. The number of amides is 1. The number of aromatic nitrogens is 1. The number of thiazole rings is 1. The van der Waals surface area contributed by atoms with Gasteiger partial charge in [0.15, 0.2) is 12.8 Å². The first-order valence-corrected chi connectivity index (χ1v) is 12.0. The molecule has 0 bridgehead atoms. The highest BCUT2D eigenvalue weighted by Crippen LogP contribution is 2.31. The van der Waals surface area contributed by atoms with Gasteiger partial charge in [0.2, 0.25) is 5.91 Å². The molecule has 0 aliphatic heterocycles. The fourth-order valence-corrected chi connectivity index (χ4v) is 4.03. The Bertz CT molecular complexity index is 719. The number of rotatable bonds is 13. The molecular weight excluding hydrogens is 416 g/mol. The summed E-state index contributed by atoms with van der Waals surface area (Å²) in [7, 11) is 0. The molecular formula is C23H38N2O5S. The largest absolute Gasteiger partial charge is 0.455 e. The van der Waals surface area contributed by atoms with Crippen LogP contribution < -0.4 is 0 Å². The molecule has 0 fully saturated rings. The van der Waals surface area contributed by atoms with Crippen molar-refractivity contribution in [2.75, 3.05) is 6.73 Å². The number of nitrogens with zero attached hydrogens (tertiary/aromatic N) is 2. The normalized spacial score (nSPS) is 14.1. The van der Waals surface area contributed by atoms with Crippen LogP contribution in [-0.4, -0.2) is 40.5 Å². The molecule has 0 aliphatic carbocycles. The second-order valence-electron chi connectivity index (χ2n) is 8.45. The Balaban J connectivity index is 3.19. The molecule has 0 spiro atoms. The van der Waals surface area contributed by atoms with Gasteiger partial charge in [-0.25, -0.2) is 4.98 Å². The van der Waals surface area contributed by atoms with Crippen molar-refractivity contribution in [1.82, 2.24) is 9.88 Å². The van der Waals surface area contributed by atoms with Gasteiger partial charge in [-0.2, -0.15) is 0 Å². The first-order valence-electron chi connectivity index (χ1n) is 11.1. The Morgan fingerprint density at radius 3 is 2.35 bits per heavy atom. The summed E-state index contributed by atoms with van der Waals surface area (Å²) in [6.07, 6.45) is 2.13. The highest BCUT2D eigenvalue weighted by atomic mass is 32.1. The van der Waals surface area contributed by atoms with Gasteiger partial charge in [-0.15, -0.1) is 11.3 Å².